The minimum absolute atomic E-state index is 0.0189. The van der Waals surface area contributed by atoms with Gasteiger partial charge in [-0.05, 0) is 17.7 Å². The van der Waals surface area contributed by atoms with E-state index < -0.39 is 5.25 Å². The predicted octanol–water partition coefficient (Wildman–Crippen LogP) is 3.47. The standard InChI is InChI=1S/C19H16N2O2S/c1-23-14-9-7-12(8-10-14)16-15(11-20)19(21)24-18(16)17(22)13-5-3-2-4-6-13/h2-10,16,18H,21H2,1H3/t16-,18-/m1/s1. The Labute approximate surface area is 144 Å². The van der Waals surface area contributed by atoms with Crippen molar-refractivity contribution in [2.45, 2.75) is 11.2 Å². The fraction of sp³-hybridized carbons (Fsp3) is 0.158. The van der Waals surface area contributed by atoms with E-state index in [0.29, 0.717) is 16.2 Å². The summed E-state index contributed by atoms with van der Waals surface area (Å²) in [6.45, 7) is 0. The highest BCUT2D eigenvalue weighted by atomic mass is 32.2. The molecule has 0 saturated heterocycles. The van der Waals surface area contributed by atoms with Gasteiger partial charge in [-0.3, -0.25) is 4.79 Å². The molecule has 0 amide bonds. The van der Waals surface area contributed by atoms with Crippen molar-refractivity contribution in [2.75, 3.05) is 7.11 Å². The molecule has 2 N–H and O–H groups in total. The van der Waals surface area contributed by atoms with Crippen LogP contribution in [0.4, 0.5) is 0 Å². The lowest BCUT2D eigenvalue weighted by Gasteiger charge is -2.19. The van der Waals surface area contributed by atoms with Crippen molar-refractivity contribution in [1.82, 2.24) is 0 Å². The lowest BCUT2D eigenvalue weighted by Crippen LogP contribution is -2.23. The summed E-state index contributed by atoms with van der Waals surface area (Å²) in [4.78, 5) is 12.9. The lowest BCUT2D eigenvalue weighted by molar-refractivity contribution is 0.0985. The number of thioether (sulfide) groups is 1. The first-order valence-electron chi connectivity index (χ1n) is 7.45. The number of ether oxygens (including phenoxy) is 1. The molecule has 5 heteroatoms. The van der Waals surface area contributed by atoms with Crippen LogP contribution in [0.15, 0.2) is 65.2 Å². The predicted molar refractivity (Wildman–Crippen MR) is 94.7 cm³/mol. The third-order valence-electron chi connectivity index (χ3n) is 4.05. The highest BCUT2D eigenvalue weighted by molar-refractivity contribution is 8.04. The Kier molecular flexibility index (Phi) is 4.59. The van der Waals surface area contributed by atoms with Crippen LogP contribution >= 0.6 is 11.8 Å². The maximum Gasteiger partial charge on any atom is 0.177 e. The molecule has 0 aliphatic carbocycles. The molecule has 2 aromatic rings. The average molecular weight is 336 g/mol. The Bertz CT molecular complexity index is 823. The largest absolute Gasteiger partial charge is 0.497 e. The smallest absolute Gasteiger partial charge is 0.177 e. The summed E-state index contributed by atoms with van der Waals surface area (Å²) >= 11 is 1.27. The summed E-state index contributed by atoms with van der Waals surface area (Å²) in [5, 5.41) is 9.49. The SMILES string of the molecule is COc1ccc([C@@H]2C(C#N)=C(N)S[C@H]2C(=O)c2ccccc2)cc1. The number of allylic oxidation sites excluding steroid dienone is 1. The Morgan fingerprint density at radius 1 is 1.17 bits per heavy atom. The topological polar surface area (TPSA) is 76.1 Å². The molecule has 0 aromatic heterocycles. The molecule has 120 valence electrons. The molecule has 0 saturated carbocycles. The van der Waals surface area contributed by atoms with Crippen LogP contribution in [0.5, 0.6) is 5.75 Å². The van der Waals surface area contributed by atoms with Gasteiger partial charge in [0.05, 0.1) is 29.0 Å². The van der Waals surface area contributed by atoms with Gasteiger partial charge in [-0.25, -0.2) is 0 Å². The van der Waals surface area contributed by atoms with Gasteiger partial charge in [-0.1, -0.05) is 54.2 Å². The number of hydrogen-bond donors (Lipinski definition) is 1. The zero-order chi connectivity index (χ0) is 17.1. The molecule has 0 spiro atoms. The first kappa shape index (κ1) is 16.2. The van der Waals surface area contributed by atoms with E-state index in [1.165, 1.54) is 11.8 Å². The van der Waals surface area contributed by atoms with Crippen molar-refractivity contribution in [3.63, 3.8) is 0 Å². The van der Waals surface area contributed by atoms with E-state index in [1.54, 1.807) is 19.2 Å². The van der Waals surface area contributed by atoms with E-state index in [9.17, 15) is 10.1 Å². The van der Waals surface area contributed by atoms with Crippen LogP contribution in [0, 0.1) is 11.3 Å². The van der Waals surface area contributed by atoms with Crippen molar-refractivity contribution in [1.29, 1.82) is 5.26 Å². The molecule has 0 unspecified atom stereocenters. The summed E-state index contributed by atoms with van der Waals surface area (Å²) in [6, 6.07) is 18.7. The van der Waals surface area contributed by atoms with Gasteiger partial charge in [0, 0.05) is 11.5 Å². The van der Waals surface area contributed by atoms with E-state index in [-0.39, 0.29) is 11.7 Å². The fourth-order valence-corrected chi connectivity index (χ4v) is 4.07. The van der Waals surface area contributed by atoms with Gasteiger partial charge in [0.1, 0.15) is 5.75 Å². The monoisotopic (exact) mass is 336 g/mol. The third kappa shape index (κ3) is 2.89. The first-order chi connectivity index (χ1) is 11.7. The molecule has 3 rings (SSSR count). The molecule has 1 aliphatic rings. The van der Waals surface area contributed by atoms with Crippen LogP contribution < -0.4 is 10.5 Å². The van der Waals surface area contributed by atoms with Crippen molar-refractivity contribution < 1.29 is 9.53 Å². The van der Waals surface area contributed by atoms with Gasteiger partial charge in [0.2, 0.25) is 0 Å². The summed E-state index contributed by atoms with van der Waals surface area (Å²) in [5.74, 6) is 0.360. The summed E-state index contributed by atoms with van der Waals surface area (Å²) < 4.78 is 5.18. The number of Topliss-reactive ketones (excluding diaryl/α,β-unsaturated/α-hetero) is 1. The van der Waals surface area contributed by atoms with Crippen LogP contribution in [-0.4, -0.2) is 18.1 Å². The molecule has 1 aliphatic heterocycles. The van der Waals surface area contributed by atoms with Crippen LogP contribution in [0.25, 0.3) is 0 Å². The van der Waals surface area contributed by atoms with E-state index >= 15 is 0 Å². The zero-order valence-corrected chi connectivity index (χ0v) is 13.9. The minimum atomic E-state index is -0.435. The first-order valence-corrected chi connectivity index (χ1v) is 8.33. The van der Waals surface area contributed by atoms with Gasteiger partial charge in [0.15, 0.2) is 5.78 Å². The molecule has 2 atom stereocenters. The third-order valence-corrected chi connectivity index (χ3v) is 5.26. The second-order valence-corrected chi connectivity index (χ2v) is 6.59. The maximum atomic E-state index is 12.9. The Morgan fingerprint density at radius 3 is 2.42 bits per heavy atom. The number of nitrogens with zero attached hydrogens (tertiary/aromatic N) is 1. The number of benzene rings is 2. The van der Waals surface area contributed by atoms with Gasteiger partial charge in [-0.15, -0.1) is 0 Å². The Balaban J connectivity index is 2.00. The normalized spacial score (nSPS) is 19.8. The number of hydrogen-bond acceptors (Lipinski definition) is 5. The number of carbonyl (C=O) groups excluding carboxylic acids is 1. The van der Waals surface area contributed by atoms with Crippen molar-refractivity contribution in [2.24, 2.45) is 5.73 Å². The molecule has 0 radical (unpaired) electrons. The average Bonchev–Trinajstić information content (AvgIpc) is 2.98. The molecule has 4 nitrogen and oxygen atoms in total. The van der Waals surface area contributed by atoms with Gasteiger partial charge in [-0.2, -0.15) is 5.26 Å². The van der Waals surface area contributed by atoms with Gasteiger partial charge in [0.25, 0.3) is 0 Å². The number of rotatable bonds is 4. The quantitative estimate of drug-likeness (QED) is 0.865. The van der Waals surface area contributed by atoms with Gasteiger partial charge < -0.3 is 10.5 Å². The van der Waals surface area contributed by atoms with Crippen molar-refractivity contribution in [3.8, 4) is 11.8 Å². The molecule has 0 bridgehead atoms. The van der Waals surface area contributed by atoms with E-state index in [2.05, 4.69) is 6.07 Å². The molecular weight excluding hydrogens is 320 g/mol. The van der Waals surface area contributed by atoms with E-state index in [0.717, 1.165) is 11.3 Å². The number of nitriles is 1. The lowest BCUT2D eigenvalue weighted by atomic mass is 9.86. The molecule has 24 heavy (non-hydrogen) atoms. The number of methoxy groups -OCH3 is 1. The molecule has 1 heterocycles. The summed E-state index contributed by atoms with van der Waals surface area (Å²) in [5.41, 5.74) is 7.99. The highest BCUT2D eigenvalue weighted by Crippen LogP contribution is 2.46. The maximum absolute atomic E-state index is 12.9. The van der Waals surface area contributed by atoms with E-state index in [4.69, 9.17) is 10.5 Å². The number of nitrogens with two attached hydrogens (primary N) is 1. The van der Waals surface area contributed by atoms with Crippen molar-refractivity contribution >= 4 is 17.5 Å². The van der Waals surface area contributed by atoms with Crippen molar-refractivity contribution in [3.05, 3.63) is 76.3 Å². The number of ketones is 1. The Hall–Kier alpha value is -2.71. The molecular formula is C19H16N2O2S. The zero-order valence-electron chi connectivity index (χ0n) is 13.1. The van der Waals surface area contributed by atoms with Crippen LogP contribution in [0.1, 0.15) is 21.8 Å². The Morgan fingerprint density at radius 2 is 1.83 bits per heavy atom. The van der Waals surface area contributed by atoms with Crippen LogP contribution in [-0.2, 0) is 0 Å². The van der Waals surface area contributed by atoms with Gasteiger partial charge >= 0.3 is 0 Å². The minimum Gasteiger partial charge on any atom is -0.497 e. The fourth-order valence-electron chi connectivity index (χ4n) is 2.82. The van der Waals surface area contributed by atoms with Crippen LogP contribution in [0.2, 0.25) is 0 Å². The molecule has 2 aromatic carbocycles. The molecule has 0 fully saturated rings. The summed E-state index contributed by atoms with van der Waals surface area (Å²) in [7, 11) is 1.60. The van der Waals surface area contributed by atoms with E-state index in [1.807, 2.05) is 42.5 Å². The second kappa shape index (κ2) is 6.81. The van der Waals surface area contributed by atoms with Crippen LogP contribution in [0.3, 0.4) is 0 Å². The highest BCUT2D eigenvalue weighted by Gasteiger charge is 2.40. The summed E-state index contributed by atoms with van der Waals surface area (Å²) in [6.07, 6.45) is 0. The number of carbonyl (C=O) groups is 1. The second-order valence-electron chi connectivity index (χ2n) is 5.41.